The van der Waals surface area contributed by atoms with Crippen molar-refractivity contribution in [2.24, 2.45) is 5.73 Å². The predicted molar refractivity (Wildman–Crippen MR) is 53.2 cm³/mol. The van der Waals surface area contributed by atoms with E-state index in [0.717, 1.165) is 0 Å². The Labute approximate surface area is 82.9 Å². The molecular formula is C11H14FNO. The number of primary amides is 1. The Morgan fingerprint density at radius 2 is 2.14 bits per heavy atom. The third-order valence-corrected chi connectivity index (χ3v) is 2.26. The van der Waals surface area contributed by atoms with Gasteiger partial charge in [0.15, 0.2) is 0 Å². The number of carbonyl (C=O) groups excluding carboxylic acids is 1. The van der Waals surface area contributed by atoms with Gasteiger partial charge in [-0.15, -0.1) is 0 Å². The van der Waals surface area contributed by atoms with Gasteiger partial charge in [-0.1, -0.05) is 25.1 Å². The van der Waals surface area contributed by atoms with E-state index in [0.29, 0.717) is 18.4 Å². The Morgan fingerprint density at radius 1 is 1.50 bits per heavy atom. The van der Waals surface area contributed by atoms with Gasteiger partial charge in [0.25, 0.3) is 0 Å². The Hall–Kier alpha value is -1.38. The van der Waals surface area contributed by atoms with Gasteiger partial charge < -0.3 is 5.73 Å². The van der Waals surface area contributed by atoms with Crippen LogP contribution in [-0.2, 0) is 4.79 Å². The van der Waals surface area contributed by atoms with Gasteiger partial charge in [-0.2, -0.15) is 0 Å². The van der Waals surface area contributed by atoms with E-state index in [4.69, 9.17) is 5.73 Å². The summed E-state index contributed by atoms with van der Waals surface area (Å²) in [6, 6.07) is 6.61. The summed E-state index contributed by atoms with van der Waals surface area (Å²) in [5.74, 6) is -0.527. The first-order valence-electron chi connectivity index (χ1n) is 4.64. The highest BCUT2D eigenvalue weighted by atomic mass is 19.1. The normalized spacial score (nSPS) is 12.4. The van der Waals surface area contributed by atoms with Crippen molar-refractivity contribution in [2.75, 3.05) is 0 Å². The molecule has 0 aliphatic carbocycles. The number of carbonyl (C=O) groups is 1. The van der Waals surface area contributed by atoms with Crippen LogP contribution in [0.25, 0.3) is 0 Å². The van der Waals surface area contributed by atoms with Crippen LogP contribution in [0.3, 0.4) is 0 Å². The van der Waals surface area contributed by atoms with Crippen molar-refractivity contribution in [1.29, 1.82) is 0 Å². The lowest BCUT2D eigenvalue weighted by atomic mass is 9.96. The number of hydrogen-bond donors (Lipinski definition) is 1. The van der Waals surface area contributed by atoms with Crippen LogP contribution in [0.15, 0.2) is 24.3 Å². The summed E-state index contributed by atoms with van der Waals surface area (Å²) in [4.78, 5) is 10.5. The first kappa shape index (κ1) is 10.7. The average Bonchev–Trinajstić information content (AvgIpc) is 2.15. The molecule has 0 bridgehead atoms. The molecule has 1 unspecified atom stereocenters. The van der Waals surface area contributed by atoms with E-state index >= 15 is 0 Å². The molecule has 1 rings (SSSR count). The number of rotatable bonds is 4. The van der Waals surface area contributed by atoms with Crippen LogP contribution in [0.2, 0.25) is 0 Å². The van der Waals surface area contributed by atoms with E-state index in [9.17, 15) is 9.18 Å². The molecular weight excluding hydrogens is 181 g/mol. The van der Waals surface area contributed by atoms with Gasteiger partial charge in [-0.3, -0.25) is 4.79 Å². The van der Waals surface area contributed by atoms with Crippen molar-refractivity contribution in [3.63, 3.8) is 0 Å². The minimum Gasteiger partial charge on any atom is -0.370 e. The fraction of sp³-hybridized carbons (Fsp3) is 0.364. The molecule has 1 aromatic rings. The van der Waals surface area contributed by atoms with E-state index < -0.39 is 0 Å². The molecule has 1 aromatic carbocycles. The molecule has 3 heteroatoms. The van der Waals surface area contributed by atoms with Crippen LogP contribution >= 0.6 is 0 Å². The maximum atomic E-state index is 13.2. The first-order valence-corrected chi connectivity index (χ1v) is 4.64. The summed E-state index contributed by atoms with van der Waals surface area (Å²) in [6.07, 6.45) is 0.895. The van der Waals surface area contributed by atoms with Crippen LogP contribution in [-0.4, -0.2) is 5.91 Å². The second-order valence-electron chi connectivity index (χ2n) is 3.43. The molecule has 0 aliphatic heterocycles. The Bertz CT molecular complexity index is 325. The van der Waals surface area contributed by atoms with Crippen molar-refractivity contribution in [3.05, 3.63) is 35.6 Å². The Kier molecular flexibility index (Phi) is 3.63. The second kappa shape index (κ2) is 4.74. The van der Waals surface area contributed by atoms with Crippen molar-refractivity contribution >= 4 is 5.91 Å². The molecule has 0 fully saturated rings. The first-order chi connectivity index (χ1) is 6.61. The zero-order chi connectivity index (χ0) is 10.6. The molecule has 1 amide bonds. The van der Waals surface area contributed by atoms with Crippen molar-refractivity contribution in [2.45, 2.75) is 25.7 Å². The van der Waals surface area contributed by atoms with Crippen LogP contribution in [0.5, 0.6) is 0 Å². The standard InChI is InChI=1S/C11H14FNO/c1-8(6-7-11(13)14)9-4-2-3-5-10(9)12/h2-5,8H,6-7H2,1H3,(H2,13,14). The second-order valence-corrected chi connectivity index (χ2v) is 3.43. The summed E-state index contributed by atoms with van der Waals surface area (Å²) in [5.41, 5.74) is 5.67. The summed E-state index contributed by atoms with van der Waals surface area (Å²) in [6.45, 7) is 1.89. The minimum absolute atomic E-state index is 0.0312. The number of benzene rings is 1. The number of nitrogens with two attached hydrogens (primary N) is 1. The molecule has 14 heavy (non-hydrogen) atoms. The van der Waals surface area contributed by atoms with E-state index in [1.54, 1.807) is 18.2 Å². The summed E-state index contributed by atoms with van der Waals surface area (Å²) >= 11 is 0. The lowest BCUT2D eigenvalue weighted by molar-refractivity contribution is -0.118. The Balaban J connectivity index is 2.65. The third kappa shape index (κ3) is 2.83. The van der Waals surface area contributed by atoms with Crippen LogP contribution in [0.1, 0.15) is 31.2 Å². The van der Waals surface area contributed by atoms with E-state index in [-0.39, 0.29) is 17.6 Å². The highest BCUT2D eigenvalue weighted by molar-refractivity contribution is 5.73. The maximum absolute atomic E-state index is 13.2. The lowest BCUT2D eigenvalue weighted by Crippen LogP contribution is -2.11. The molecule has 0 heterocycles. The zero-order valence-electron chi connectivity index (χ0n) is 8.16. The van der Waals surface area contributed by atoms with Crippen LogP contribution in [0, 0.1) is 5.82 Å². The minimum atomic E-state index is -0.340. The molecule has 0 spiro atoms. The van der Waals surface area contributed by atoms with Crippen molar-refractivity contribution in [1.82, 2.24) is 0 Å². The molecule has 76 valence electrons. The molecule has 0 saturated heterocycles. The molecule has 0 aliphatic rings. The Morgan fingerprint density at radius 3 is 2.71 bits per heavy atom. The largest absolute Gasteiger partial charge is 0.370 e. The molecule has 2 nitrogen and oxygen atoms in total. The van der Waals surface area contributed by atoms with E-state index in [1.165, 1.54) is 6.07 Å². The number of hydrogen-bond acceptors (Lipinski definition) is 1. The number of halogens is 1. The SMILES string of the molecule is CC(CCC(N)=O)c1ccccc1F. The monoisotopic (exact) mass is 195 g/mol. The van der Waals surface area contributed by atoms with Gasteiger partial charge in [-0.25, -0.2) is 4.39 Å². The summed E-state index contributed by atoms with van der Waals surface area (Å²) in [7, 11) is 0. The fourth-order valence-electron chi connectivity index (χ4n) is 1.39. The van der Waals surface area contributed by atoms with E-state index in [2.05, 4.69) is 0 Å². The third-order valence-electron chi connectivity index (χ3n) is 2.26. The zero-order valence-corrected chi connectivity index (χ0v) is 8.16. The summed E-state index contributed by atoms with van der Waals surface area (Å²) < 4.78 is 13.2. The van der Waals surface area contributed by atoms with Crippen molar-refractivity contribution < 1.29 is 9.18 Å². The molecule has 0 aromatic heterocycles. The average molecular weight is 195 g/mol. The van der Waals surface area contributed by atoms with Gasteiger partial charge in [0.2, 0.25) is 5.91 Å². The maximum Gasteiger partial charge on any atom is 0.217 e. The lowest BCUT2D eigenvalue weighted by Gasteiger charge is -2.11. The van der Waals surface area contributed by atoms with Gasteiger partial charge in [0, 0.05) is 6.42 Å². The van der Waals surface area contributed by atoms with Crippen LogP contribution in [0.4, 0.5) is 4.39 Å². The number of amides is 1. The van der Waals surface area contributed by atoms with Crippen LogP contribution < -0.4 is 5.73 Å². The van der Waals surface area contributed by atoms with Gasteiger partial charge in [-0.05, 0) is 24.0 Å². The summed E-state index contributed by atoms with van der Waals surface area (Å²) in [5, 5.41) is 0. The predicted octanol–water partition coefficient (Wildman–Crippen LogP) is 2.19. The molecule has 0 saturated carbocycles. The van der Waals surface area contributed by atoms with E-state index in [1.807, 2.05) is 6.92 Å². The fourth-order valence-corrected chi connectivity index (χ4v) is 1.39. The molecule has 1 atom stereocenters. The quantitative estimate of drug-likeness (QED) is 0.786. The topological polar surface area (TPSA) is 43.1 Å². The van der Waals surface area contributed by atoms with Crippen molar-refractivity contribution in [3.8, 4) is 0 Å². The van der Waals surface area contributed by atoms with Gasteiger partial charge >= 0.3 is 0 Å². The highest BCUT2D eigenvalue weighted by Crippen LogP contribution is 2.22. The highest BCUT2D eigenvalue weighted by Gasteiger charge is 2.10. The molecule has 2 N–H and O–H groups in total. The molecule has 0 radical (unpaired) electrons. The van der Waals surface area contributed by atoms with Gasteiger partial charge in [0.1, 0.15) is 5.82 Å². The smallest absolute Gasteiger partial charge is 0.217 e. The van der Waals surface area contributed by atoms with Gasteiger partial charge in [0.05, 0.1) is 0 Å².